The highest BCUT2D eigenvalue weighted by molar-refractivity contribution is 5.68. The number of aryl methyl sites for hydroxylation is 1. The molecule has 0 radical (unpaired) electrons. The SMILES string of the molecule is CCC/C=C\N(C=C(C)C)c1ccc(/C=C/c2nc3n(n2)CCC3c2cc(F)c(F)c(F)c2)nc1OC. The van der Waals surface area contributed by atoms with Crippen molar-refractivity contribution in [1.82, 2.24) is 19.7 Å². The summed E-state index contributed by atoms with van der Waals surface area (Å²) in [6.07, 6.45) is 12.3. The van der Waals surface area contributed by atoms with Crippen molar-refractivity contribution in [3.05, 3.63) is 88.7 Å². The third-order valence-electron chi connectivity index (χ3n) is 5.92. The van der Waals surface area contributed by atoms with Gasteiger partial charge in [-0.1, -0.05) is 25.0 Å². The van der Waals surface area contributed by atoms with Crippen LogP contribution >= 0.6 is 0 Å². The Balaban J connectivity index is 1.56. The minimum atomic E-state index is -1.47. The molecule has 4 rings (SSSR count). The van der Waals surface area contributed by atoms with Crippen LogP contribution in [0, 0.1) is 17.5 Å². The van der Waals surface area contributed by atoms with Crippen LogP contribution in [-0.4, -0.2) is 26.9 Å². The van der Waals surface area contributed by atoms with E-state index in [2.05, 4.69) is 28.1 Å². The second kappa shape index (κ2) is 11.5. The van der Waals surface area contributed by atoms with E-state index in [1.807, 2.05) is 43.3 Å². The molecule has 9 heteroatoms. The summed E-state index contributed by atoms with van der Waals surface area (Å²) >= 11 is 0. The molecule has 2 aromatic heterocycles. The molecule has 0 saturated heterocycles. The Labute approximate surface area is 214 Å². The van der Waals surface area contributed by atoms with Crippen LogP contribution in [0.5, 0.6) is 5.88 Å². The van der Waals surface area contributed by atoms with Crippen molar-refractivity contribution in [2.45, 2.75) is 52.5 Å². The van der Waals surface area contributed by atoms with E-state index in [4.69, 9.17) is 4.74 Å². The fourth-order valence-electron chi connectivity index (χ4n) is 4.21. The molecule has 194 valence electrons. The molecular formula is C28H30F3N5O. The Bertz CT molecular complexity index is 1330. The molecule has 0 aliphatic carbocycles. The third kappa shape index (κ3) is 5.93. The Morgan fingerprint density at radius 2 is 1.89 bits per heavy atom. The lowest BCUT2D eigenvalue weighted by Gasteiger charge is -2.19. The fourth-order valence-corrected chi connectivity index (χ4v) is 4.21. The molecule has 0 saturated carbocycles. The Kier molecular flexibility index (Phi) is 8.11. The molecular weight excluding hydrogens is 479 g/mol. The first-order chi connectivity index (χ1) is 17.8. The predicted octanol–water partition coefficient (Wildman–Crippen LogP) is 6.85. The Hall–Kier alpha value is -3.88. The minimum absolute atomic E-state index is 0.342. The summed E-state index contributed by atoms with van der Waals surface area (Å²) in [6, 6.07) is 5.87. The Morgan fingerprint density at radius 1 is 1.14 bits per heavy atom. The smallest absolute Gasteiger partial charge is 0.238 e. The first-order valence-corrected chi connectivity index (χ1v) is 12.2. The number of rotatable bonds is 9. The first-order valence-electron chi connectivity index (χ1n) is 12.2. The van der Waals surface area contributed by atoms with E-state index in [9.17, 15) is 13.2 Å². The molecule has 1 atom stereocenters. The van der Waals surface area contributed by atoms with E-state index < -0.39 is 17.5 Å². The van der Waals surface area contributed by atoms with E-state index in [1.165, 1.54) is 0 Å². The summed E-state index contributed by atoms with van der Waals surface area (Å²) in [6.45, 7) is 6.74. The van der Waals surface area contributed by atoms with E-state index in [1.54, 1.807) is 23.9 Å². The number of fused-ring (bicyclic) bond motifs is 1. The van der Waals surface area contributed by atoms with Crippen LogP contribution in [0.15, 0.2) is 48.3 Å². The van der Waals surface area contributed by atoms with Crippen LogP contribution in [0.3, 0.4) is 0 Å². The first kappa shape index (κ1) is 26.2. The maximum atomic E-state index is 13.8. The zero-order chi connectivity index (χ0) is 26.5. The van der Waals surface area contributed by atoms with Gasteiger partial charge in [0.15, 0.2) is 23.3 Å². The number of ether oxygens (including phenoxy) is 1. The number of unbranched alkanes of at least 4 members (excludes halogenated alkanes) is 1. The minimum Gasteiger partial charge on any atom is -0.479 e. The molecule has 1 aliphatic heterocycles. The number of anilines is 1. The van der Waals surface area contributed by atoms with Gasteiger partial charge in [-0.15, -0.1) is 0 Å². The van der Waals surface area contributed by atoms with Crippen molar-refractivity contribution in [1.29, 1.82) is 0 Å². The van der Waals surface area contributed by atoms with Crippen molar-refractivity contribution in [2.75, 3.05) is 12.0 Å². The molecule has 0 spiro atoms. The molecule has 3 heterocycles. The summed E-state index contributed by atoms with van der Waals surface area (Å²) in [5.74, 6) is -2.74. The number of benzene rings is 1. The van der Waals surface area contributed by atoms with E-state index in [0.29, 0.717) is 41.8 Å². The topological polar surface area (TPSA) is 56.1 Å². The van der Waals surface area contributed by atoms with Crippen molar-refractivity contribution >= 4 is 17.8 Å². The summed E-state index contributed by atoms with van der Waals surface area (Å²) in [5, 5.41) is 4.48. The molecule has 3 aromatic rings. The van der Waals surface area contributed by atoms with Gasteiger partial charge < -0.3 is 9.64 Å². The highest BCUT2D eigenvalue weighted by atomic mass is 19.2. The number of allylic oxidation sites excluding steroid dienone is 2. The van der Waals surface area contributed by atoms with Crippen LogP contribution < -0.4 is 9.64 Å². The van der Waals surface area contributed by atoms with Gasteiger partial charge in [-0.2, -0.15) is 5.10 Å². The highest BCUT2D eigenvalue weighted by Gasteiger charge is 2.29. The molecule has 6 nitrogen and oxygen atoms in total. The lowest BCUT2D eigenvalue weighted by atomic mass is 9.97. The Morgan fingerprint density at radius 3 is 2.57 bits per heavy atom. The second-order valence-corrected chi connectivity index (χ2v) is 9.08. The van der Waals surface area contributed by atoms with Crippen LogP contribution in [0.4, 0.5) is 18.9 Å². The van der Waals surface area contributed by atoms with Crippen LogP contribution in [0.2, 0.25) is 0 Å². The number of pyridine rings is 1. The predicted molar refractivity (Wildman–Crippen MR) is 138 cm³/mol. The fraction of sp³-hybridized carbons (Fsp3) is 0.321. The lowest BCUT2D eigenvalue weighted by molar-refractivity contribution is 0.399. The standard InChI is InChI=1S/C28H30F3N5O/c1-5-6-7-13-35(17-18(2)3)24-10-8-20(32-28(24)37-4)9-11-25-33-27-21(12-14-36(27)34-25)19-15-22(29)26(31)23(30)16-19/h7-11,13,15-17,21H,5-6,12,14H2,1-4H3/b11-9+,13-7-. The number of hydrogen-bond acceptors (Lipinski definition) is 5. The maximum absolute atomic E-state index is 13.8. The van der Waals surface area contributed by atoms with Gasteiger partial charge >= 0.3 is 0 Å². The molecule has 1 aliphatic rings. The third-order valence-corrected chi connectivity index (χ3v) is 5.92. The molecule has 0 N–H and O–H groups in total. The van der Waals surface area contributed by atoms with E-state index in [0.717, 1.165) is 36.2 Å². The zero-order valence-electron chi connectivity index (χ0n) is 21.4. The average Bonchev–Trinajstić information content (AvgIpc) is 3.45. The monoisotopic (exact) mass is 509 g/mol. The lowest BCUT2D eigenvalue weighted by Crippen LogP contribution is -2.10. The quantitative estimate of drug-likeness (QED) is 0.295. The number of nitrogens with zero attached hydrogens (tertiary/aromatic N) is 5. The van der Waals surface area contributed by atoms with Gasteiger partial charge in [-0.05, 0) is 68.7 Å². The molecule has 0 fully saturated rings. The zero-order valence-corrected chi connectivity index (χ0v) is 21.4. The summed E-state index contributed by atoms with van der Waals surface area (Å²) in [4.78, 5) is 11.2. The largest absolute Gasteiger partial charge is 0.479 e. The number of hydrogen-bond donors (Lipinski definition) is 0. The van der Waals surface area contributed by atoms with Gasteiger partial charge in [0, 0.05) is 24.9 Å². The van der Waals surface area contributed by atoms with Gasteiger partial charge in [0.25, 0.3) is 0 Å². The highest BCUT2D eigenvalue weighted by Crippen LogP contribution is 2.34. The van der Waals surface area contributed by atoms with Gasteiger partial charge in [-0.25, -0.2) is 27.8 Å². The molecule has 0 bridgehead atoms. The van der Waals surface area contributed by atoms with E-state index in [-0.39, 0.29) is 5.92 Å². The van der Waals surface area contributed by atoms with Crippen LogP contribution in [0.1, 0.15) is 68.9 Å². The van der Waals surface area contributed by atoms with Crippen LogP contribution in [0.25, 0.3) is 12.2 Å². The van der Waals surface area contributed by atoms with Crippen molar-refractivity contribution in [3.8, 4) is 5.88 Å². The van der Waals surface area contributed by atoms with Crippen molar-refractivity contribution in [3.63, 3.8) is 0 Å². The average molecular weight is 510 g/mol. The molecule has 1 unspecified atom stereocenters. The van der Waals surface area contributed by atoms with E-state index >= 15 is 0 Å². The van der Waals surface area contributed by atoms with Crippen molar-refractivity contribution in [2.24, 2.45) is 0 Å². The number of methoxy groups -OCH3 is 1. The van der Waals surface area contributed by atoms with Gasteiger partial charge in [0.1, 0.15) is 11.5 Å². The number of halogens is 3. The van der Waals surface area contributed by atoms with Gasteiger partial charge in [-0.3, -0.25) is 0 Å². The van der Waals surface area contributed by atoms with Crippen LogP contribution in [-0.2, 0) is 6.54 Å². The molecule has 1 aromatic carbocycles. The summed E-state index contributed by atoms with van der Waals surface area (Å²) < 4.78 is 48.2. The second-order valence-electron chi connectivity index (χ2n) is 9.08. The number of aromatic nitrogens is 4. The van der Waals surface area contributed by atoms with Crippen molar-refractivity contribution < 1.29 is 17.9 Å². The normalized spacial score (nSPS) is 14.9. The molecule has 0 amide bonds. The van der Waals surface area contributed by atoms with Gasteiger partial charge in [0.05, 0.1) is 12.8 Å². The summed E-state index contributed by atoms with van der Waals surface area (Å²) in [5.41, 5.74) is 2.95. The van der Waals surface area contributed by atoms with Gasteiger partial charge in [0.2, 0.25) is 5.88 Å². The maximum Gasteiger partial charge on any atom is 0.238 e. The summed E-state index contributed by atoms with van der Waals surface area (Å²) in [7, 11) is 1.58. The molecule has 37 heavy (non-hydrogen) atoms.